The molecular weight excluding hydrogens is 354 g/mol. The molecule has 0 atom stereocenters. The van der Waals surface area contributed by atoms with E-state index in [1.165, 1.54) is 12.6 Å². The van der Waals surface area contributed by atoms with Gasteiger partial charge in [0.05, 0.1) is 0 Å². The third-order valence-electron chi connectivity index (χ3n) is 4.49. The van der Waals surface area contributed by atoms with Crippen molar-refractivity contribution in [1.82, 2.24) is 14.8 Å². The number of nitrogens with zero attached hydrogens (tertiary/aromatic N) is 2. The average molecular weight is 379 g/mol. The van der Waals surface area contributed by atoms with Gasteiger partial charge in [0.25, 0.3) is 5.91 Å². The summed E-state index contributed by atoms with van der Waals surface area (Å²) in [5.41, 5.74) is 8.92. The first-order valence-corrected chi connectivity index (χ1v) is 8.94. The molecule has 0 fully saturated rings. The molecule has 1 amide bonds. The molecule has 1 aromatic heterocycles. The van der Waals surface area contributed by atoms with Crippen molar-refractivity contribution in [2.45, 2.75) is 13.2 Å². The molecule has 2 aromatic carbocycles. The van der Waals surface area contributed by atoms with Crippen molar-refractivity contribution in [3.05, 3.63) is 65.4 Å². The molecule has 4 N–H and O–H groups in total. The summed E-state index contributed by atoms with van der Waals surface area (Å²) >= 11 is 0. The van der Waals surface area contributed by atoms with E-state index in [0.29, 0.717) is 18.1 Å². The van der Waals surface area contributed by atoms with Crippen LogP contribution in [0.5, 0.6) is 5.75 Å². The van der Waals surface area contributed by atoms with Gasteiger partial charge >= 0.3 is 0 Å². The average Bonchev–Trinajstić information content (AvgIpc) is 3.09. The molecule has 0 aliphatic heterocycles. The molecule has 3 aromatic rings. The van der Waals surface area contributed by atoms with Crippen LogP contribution in [0.25, 0.3) is 10.9 Å². The summed E-state index contributed by atoms with van der Waals surface area (Å²) in [5, 5.41) is 8.28. The minimum atomic E-state index is -0.358. The van der Waals surface area contributed by atoms with Crippen LogP contribution in [-0.4, -0.2) is 47.8 Å². The Bertz CT molecular complexity index is 1010. The Kier molecular flexibility index (Phi) is 5.65. The van der Waals surface area contributed by atoms with Crippen LogP contribution in [0, 0.1) is 5.41 Å². The van der Waals surface area contributed by atoms with Crippen LogP contribution in [0.1, 0.15) is 21.6 Å². The molecule has 0 saturated heterocycles. The van der Waals surface area contributed by atoms with Crippen molar-refractivity contribution < 1.29 is 9.53 Å². The van der Waals surface area contributed by atoms with Gasteiger partial charge in [0.1, 0.15) is 18.1 Å². The van der Waals surface area contributed by atoms with Gasteiger partial charge in [-0.15, -0.1) is 0 Å². The summed E-state index contributed by atoms with van der Waals surface area (Å²) in [6, 6.07) is 15.6. The van der Waals surface area contributed by atoms with E-state index in [1.54, 1.807) is 6.07 Å². The zero-order valence-corrected chi connectivity index (χ0v) is 16.3. The van der Waals surface area contributed by atoms with E-state index >= 15 is 0 Å². The molecule has 28 heavy (non-hydrogen) atoms. The second-order valence-corrected chi connectivity index (χ2v) is 6.98. The minimum Gasteiger partial charge on any atom is -0.489 e. The molecule has 0 spiro atoms. The number of ether oxygens (including phenoxy) is 1. The van der Waals surface area contributed by atoms with E-state index in [9.17, 15) is 4.79 Å². The zero-order valence-electron chi connectivity index (χ0n) is 16.3. The second-order valence-electron chi connectivity index (χ2n) is 6.98. The number of fused-ring (bicyclic) bond motifs is 1. The number of aromatic nitrogens is 1. The molecule has 146 valence electrons. The lowest BCUT2D eigenvalue weighted by atomic mass is 10.1. The van der Waals surface area contributed by atoms with Gasteiger partial charge in [-0.2, -0.15) is 0 Å². The number of aromatic amines is 1. The molecule has 0 radical (unpaired) electrons. The lowest BCUT2D eigenvalue weighted by Gasteiger charge is -2.14. The number of benzene rings is 2. The Labute approximate surface area is 164 Å². The van der Waals surface area contributed by atoms with E-state index in [1.807, 2.05) is 44.4 Å². The Morgan fingerprint density at radius 3 is 2.50 bits per heavy atom. The Hall–Kier alpha value is -3.32. The van der Waals surface area contributed by atoms with Gasteiger partial charge in [-0.3, -0.25) is 15.1 Å². The van der Waals surface area contributed by atoms with Gasteiger partial charge in [-0.1, -0.05) is 24.3 Å². The molecular formula is C21H25N5O2. The summed E-state index contributed by atoms with van der Waals surface area (Å²) in [6.45, 7) is 1.32. The maximum absolute atomic E-state index is 12.3. The van der Waals surface area contributed by atoms with E-state index in [-0.39, 0.29) is 11.9 Å². The number of hydrogen-bond donors (Lipinski definition) is 3. The number of amides is 1. The lowest BCUT2D eigenvalue weighted by Crippen LogP contribution is -2.38. The number of hydrogen-bond acceptors (Lipinski definition) is 4. The van der Waals surface area contributed by atoms with Crippen LogP contribution >= 0.6 is 0 Å². The Balaban J connectivity index is 1.77. The highest BCUT2D eigenvalue weighted by Gasteiger charge is 2.16. The van der Waals surface area contributed by atoms with Crippen molar-refractivity contribution in [2.24, 2.45) is 5.73 Å². The van der Waals surface area contributed by atoms with Crippen LogP contribution in [0.3, 0.4) is 0 Å². The fourth-order valence-electron chi connectivity index (χ4n) is 2.96. The minimum absolute atomic E-state index is 0.302. The molecule has 0 aliphatic carbocycles. The summed E-state index contributed by atoms with van der Waals surface area (Å²) in [6.07, 6.45) is 0. The normalized spacial score (nSPS) is 11.0. The summed E-state index contributed by atoms with van der Waals surface area (Å²) in [5.74, 6) is 0.0563. The van der Waals surface area contributed by atoms with E-state index in [4.69, 9.17) is 15.9 Å². The van der Waals surface area contributed by atoms with Gasteiger partial charge in [0, 0.05) is 30.6 Å². The second kappa shape index (κ2) is 8.14. The number of carbonyl (C=O) groups is 1. The van der Waals surface area contributed by atoms with Crippen LogP contribution in [0.15, 0.2) is 48.5 Å². The fraction of sp³-hybridized carbons (Fsp3) is 0.238. The predicted molar refractivity (Wildman–Crippen MR) is 110 cm³/mol. The highest BCUT2D eigenvalue weighted by atomic mass is 16.5. The maximum atomic E-state index is 12.3. The summed E-state index contributed by atoms with van der Waals surface area (Å²) in [7, 11) is 5.55. The van der Waals surface area contributed by atoms with E-state index in [0.717, 1.165) is 27.9 Å². The molecule has 0 saturated carbocycles. The zero-order chi connectivity index (χ0) is 20.3. The van der Waals surface area contributed by atoms with Gasteiger partial charge < -0.3 is 20.4 Å². The fourth-order valence-corrected chi connectivity index (χ4v) is 2.96. The van der Waals surface area contributed by atoms with Crippen LogP contribution in [0.2, 0.25) is 0 Å². The lowest BCUT2D eigenvalue weighted by molar-refractivity contribution is 0.0864. The quantitative estimate of drug-likeness (QED) is 0.453. The third kappa shape index (κ3) is 4.32. The van der Waals surface area contributed by atoms with Gasteiger partial charge in [0.15, 0.2) is 5.96 Å². The molecule has 3 rings (SSSR count). The van der Waals surface area contributed by atoms with Gasteiger partial charge in [-0.25, -0.2) is 0 Å². The molecule has 7 heteroatoms. The van der Waals surface area contributed by atoms with Crippen LogP contribution in [-0.2, 0) is 13.2 Å². The summed E-state index contributed by atoms with van der Waals surface area (Å²) in [4.78, 5) is 18.6. The topological polar surface area (TPSA) is 98.4 Å². The molecule has 1 heterocycles. The highest BCUT2D eigenvalue weighted by molar-refractivity contribution is 6.05. The van der Waals surface area contributed by atoms with Crippen molar-refractivity contribution in [3.8, 4) is 5.75 Å². The molecule has 0 aliphatic rings. The molecule has 0 unspecified atom stereocenters. The highest BCUT2D eigenvalue weighted by Crippen LogP contribution is 2.23. The monoisotopic (exact) mass is 379 g/mol. The first kappa shape index (κ1) is 19.4. The van der Waals surface area contributed by atoms with Crippen molar-refractivity contribution in [1.29, 1.82) is 5.41 Å². The predicted octanol–water partition coefficient (Wildman–Crippen LogP) is 2.77. The standard InChI is InChI=1S/C21H25N5O2/c1-25(2)12-15-6-4-5-7-16(15)13-28-17-9-8-14-10-19(24-18(14)11-17)20(27)26(3)21(22)23/h4-11,24H,12-13H2,1-3H3,(H3,22,23). The smallest absolute Gasteiger partial charge is 0.276 e. The van der Waals surface area contributed by atoms with Crippen molar-refractivity contribution in [3.63, 3.8) is 0 Å². The summed E-state index contributed by atoms with van der Waals surface area (Å²) < 4.78 is 5.99. The maximum Gasteiger partial charge on any atom is 0.276 e. The number of guanidine groups is 1. The molecule has 7 nitrogen and oxygen atoms in total. The Morgan fingerprint density at radius 1 is 1.11 bits per heavy atom. The van der Waals surface area contributed by atoms with Crippen molar-refractivity contribution >= 4 is 22.8 Å². The number of nitrogens with two attached hydrogens (primary N) is 1. The Morgan fingerprint density at radius 2 is 1.82 bits per heavy atom. The van der Waals surface area contributed by atoms with E-state index in [2.05, 4.69) is 22.0 Å². The van der Waals surface area contributed by atoms with Crippen LogP contribution in [0.4, 0.5) is 0 Å². The van der Waals surface area contributed by atoms with E-state index < -0.39 is 0 Å². The third-order valence-corrected chi connectivity index (χ3v) is 4.49. The number of carbonyl (C=O) groups excluding carboxylic acids is 1. The van der Waals surface area contributed by atoms with Gasteiger partial charge in [-0.05, 0) is 43.4 Å². The largest absolute Gasteiger partial charge is 0.489 e. The first-order valence-electron chi connectivity index (χ1n) is 8.94. The van der Waals surface area contributed by atoms with Gasteiger partial charge in [0.2, 0.25) is 0 Å². The van der Waals surface area contributed by atoms with Crippen LogP contribution < -0.4 is 10.5 Å². The number of nitrogens with one attached hydrogen (secondary N) is 2. The molecule has 0 bridgehead atoms. The number of rotatable bonds is 6. The SMILES string of the molecule is CN(C)Cc1ccccc1COc1ccc2cc(C(=O)N(C)C(=N)N)[nH]c2c1. The number of H-pyrrole nitrogens is 1. The first-order chi connectivity index (χ1) is 13.3. The van der Waals surface area contributed by atoms with Crippen molar-refractivity contribution in [2.75, 3.05) is 21.1 Å².